The highest BCUT2D eigenvalue weighted by atomic mass is 35.5. The van der Waals surface area contributed by atoms with E-state index in [0.717, 1.165) is 42.0 Å². The first-order valence-corrected chi connectivity index (χ1v) is 11.3. The van der Waals surface area contributed by atoms with Gasteiger partial charge in [-0.25, -0.2) is 0 Å². The van der Waals surface area contributed by atoms with E-state index in [0.29, 0.717) is 30.9 Å². The number of anilines is 1. The molecule has 0 aliphatic carbocycles. The van der Waals surface area contributed by atoms with Gasteiger partial charge >= 0.3 is 0 Å². The molecular weight excluding hydrogens is 402 g/mol. The summed E-state index contributed by atoms with van der Waals surface area (Å²) in [6.45, 7) is 2.79. The van der Waals surface area contributed by atoms with E-state index in [-0.39, 0.29) is 18.8 Å². The average Bonchev–Trinajstić information content (AvgIpc) is 3.20. The van der Waals surface area contributed by atoms with Crippen LogP contribution in [0.1, 0.15) is 47.6 Å². The molecular formula is C24H28ClNO4. The Morgan fingerprint density at radius 1 is 1.13 bits per heavy atom. The molecule has 0 amide bonds. The average molecular weight is 430 g/mol. The van der Waals surface area contributed by atoms with Gasteiger partial charge in [-0.15, -0.1) is 0 Å². The molecule has 160 valence electrons. The number of hydrogen-bond donors (Lipinski definition) is 2. The fourth-order valence-corrected chi connectivity index (χ4v) is 5.04. The molecule has 2 aromatic carbocycles. The first-order chi connectivity index (χ1) is 14.6. The predicted octanol–water partition coefficient (Wildman–Crippen LogP) is 3.65. The second-order valence-electron chi connectivity index (χ2n) is 8.58. The van der Waals surface area contributed by atoms with Crippen molar-refractivity contribution in [3.05, 3.63) is 57.6 Å². The van der Waals surface area contributed by atoms with E-state index >= 15 is 0 Å². The molecule has 3 atom stereocenters. The largest absolute Gasteiger partial charge is 0.491 e. The molecule has 0 bridgehead atoms. The van der Waals surface area contributed by atoms with Gasteiger partial charge in [-0.3, -0.25) is 0 Å². The van der Waals surface area contributed by atoms with Crippen LogP contribution < -0.4 is 9.64 Å². The summed E-state index contributed by atoms with van der Waals surface area (Å²) < 4.78 is 12.0. The zero-order valence-electron chi connectivity index (χ0n) is 17.0. The van der Waals surface area contributed by atoms with Crippen molar-refractivity contribution in [2.45, 2.75) is 50.4 Å². The molecule has 6 heteroatoms. The summed E-state index contributed by atoms with van der Waals surface area (Å²) in [5.74, 6) is 0.755. The number of aliphatic hydroxyl groups is 2. The van der Waals surface area contributed by atoms with E-state index in [9.17, 15) is 10.2 Å². The lowest BCUT2D eigenvalue weighted by atomic mass is 9.89. The quantitative estimate of drug-likeness (QED) is 0.759. The number of aliphatic hydroxyl groups excluding tert-OH is 2. The summed E-state index contributed by atoms with van der Waals surface area (Å²) in [5, 5.41) is 20.5. The van der Waals surface area contributed by atoms with Crippen LogP contribution in [0.15, 0.2) is 30.3 Å². The van der Waals surface area contributed by atoms with Gasteiger partial charge < -0.3 is 24.6 Å². The van der Waals surface area contributed by atoms with E-state index in [2.05, 4.69) is 35.2 Å². The number of benzene rings is 2. The monoisotopic (exact) mass is 429 g/mol. The Balaban J connectivity index is 1.44. The normalized spacial score (nSPS) is 25.6. The van der Waals surface area contributed by atoms with Crippen LogP contribution in [-0.4, -0.2) is 48.7 Å². The summed E-state index contributed by atoms with van der Waals surface area (Å²) in [5.41, 5.74) is 5.59. The maximum atomic E-state index is 10.3. The number of halogens is 1. The molecule has 2 aromatic rings. The number of ether oxygens (including phenoxy) is 2. The Morgan fingerprint density at radius 3 is 2.63 bits per heavy atom. The van der Waals surface area contributed by atoms with Gasteiger partial charge in [0.25, 0.3) is 0 Å². The fourth-order valence-electron chi connectivity index (χ4n) is 4.75. The maximum Gasteiger partial charge on any atom is 0.141 e. The second kappa shape index (κ2) is 8.39. The van der Waals surface area contributed by atoms with Crippen molar-refractivity contribution in [1.29, 1.82) is 0 Å². The third kappa shape index (κ3) is 3.80. The zero-order valence-corrected chi connectivity index (χ0v) is 17.8. The highest BCUT2D eigenvalue weighted by molar-refractivity contribution is 6.33. The van der Waals surface area contributed by atoms with Crippen LogP contribution >= 0.6 is 11.6 Å². The van der Waals surface area contributed by atoms with Crippen molar-refractivity contribution >= 4 is 17.3 Å². The molecule has 2 saturated heterocycles. The van der Waals surface area contributed by atoms with E-state index in [1.165, 1.54) is 17.7 Å². The van der Waals surface area contributed by atoms with E-state index < -0.39 is 6.10 Å². The fraction of sp³-hybridized carbons (Fsp3) is 0.500. The van der Waals surface area contributed by atoms with Gasteiger partial charge in [-0.1, -0.05) is 29.8 Å². The minimum atomic E-state index is -0.480. The van der Waals surface area contributed by atoms with Gasteiger partial charge in [0, 0.05) is 43.6 Å². The zero-order chi connectivity index (χ0) is 20.7. The van der Waals surface area contributed by atoms with Gasteiger partial charge in [0.1, 0.15) is 5.75 Å². The Kier molecular flexibility index (Phi) is 5.63. The SMILES string of the molecule is OC[C@@H]1C[C@H](O)C[C@H](c2cc(Cc3ccc(N4CCC4)cc3)c(Cl)c3c2CCO3)O1. The Morgan fingerprint density at radius 2 is 1.93 bits per heavy atom. The van der Waals surface area contributed by atoms with Gasteiger partial charge in [0.2, 0.25) is 0 Å². The first kappa shape index (κ1) is 20.1. The standard InChI is InChI=1S/C24H28ClNO4/c25-23-16(10-15-2-4-17(5-3-15)26-7-1-8-26)11-21(20-6-9-29-24(20)23)22-13-18(28)12-19(14-27)30-22/h2-5,11,18-19,22,27-28H,1,6-10,12-14H2/t18-,19-,22+/m0/s1. The van der Waals surface area contributed by atoms with Gasteiger partial charge in [-0.2, -0.15) is 0 Å². The van der Waals surface area contributed by atoms with Crippen LogP contribution in [0.5, 0.6) is 5.75 Å². The van der Waals surface area contributed by atoms with Crippen molar-refractivity contribution in [3.63, 3.8) is 0 Å². The van der Waals surface area contributed by atoms with Crippen molar-refractivity contribution in [2.75, 3.05) is 31.2 Å². The number of fused-ring (bicyclic) bond motifs is 1. The van der Waals surface area contributed by atoms with Crippen molar-refractivity contribution < 1.29 is 19.7 Å². The van der Waals surface area contributed by atoms with E-state index in [4.69, 9.17) is 21.1 Å². The third-order valence-electron chi connectivity index (χ3n) is 6.51. The van der Waals surface area contributed by atoms with Crippen molar-refractivity contribution in [2.24, 2.45) is 0 Å². The molecule has 3 aliphatic heterocycles. The summed E-state index contributed by atoms with van der Waals surface area (Å²) in [6, 6.07) is 10.8. The van der Waals surface area contributed by atoms with E-state index in [1.54, 1.807) is 0 Å². The van der Waals surface area contributed by atoms with Crippen molar-refractivity contribution in [1.82, 2.24) is 0 Å². The van der Waals surface area contributed by atoms with Crippen LogP contribution in [0.3, 0.4) is 0 Å². The highest BCUT2D eigenvalue weighted by Crippen LogP contribution is 2.44. The lowest BCUT2D eigenvalue weighted by molar-refractivity contribution is -0.114. The lowest BCUT2D eigenvalue weighted by Gasteiger charge is -2.33. The lowest BCUT2D eigenvalue weighted by Crippen LogP contribution is -2.36. The predicted molar refractivity (Wildman–Crippen MR) is 117 cm³/mol. The first-order valence-electron chi connectivity index (χ1n) is 10.9. The topological polar surface area (TPSA) is 62.2 Å². The molecule has 5 nitrogen and oxygen atoms in total. The van der Waals surface area contributed by atoms with Crippen LogP contribution in [0.2, 0.25) is 5.02 Å². The van der Waals surface area contributed by atoms with Crippen LogP contribution in [0.4, 0.5) is 5.69 Å². The van der Waals surface area contributed by atoms with Gasteiger partial charge in [-0.05, 0) is 41.7 Å². The maximum absolute atomic E-state index is 10.3. The molecule has 2 fully saturated rings. The third-order valence-corrected chi connectivity index (χ3v) is 6.93. The molecule has 2 N–H and O–H groups in total. The second-order valence-corrected chi connectivity index (χ2v) is 8.96. The summed E-state index contributed by atoms with van der Waals surface area (Å²) in [6.07, 6.45) is 2.67. The molecule has 0 aromatic heterocycles. The van der Waals surface area contributed by atoms with E-state index in [1.807, 2.05) is 0 Å². The van der Waals surface area contributed by atoms with Crippen LogP contribution in [-0.2, 0) is 17.6 Å². The van der Waals surface area contributed by atoms with Gasteiger partial charge in [0.15, 0.2) is 0 Å². The Hall–Kier alpha value is -1.79. The summed E-state index contributed by atoms with van der Waals surface area (Å²) in [7, 11) is 0. The molecule has 3 heterocycles. The molecule has 0 unspecified atom stereocenters. The molecule has 0 spiro atoms. The summed E-state index contributed by atoms with van der Waals surface area (Å²) >= 11 is 6.75. The number of hydrogen-bond acceptors (Lipinski definition) is 5. The highest BCUT2D eigenvalue weighted by Gasteiger charge is 2.33. The number of rotatable bonds is 5. The Bertz CT molecular complexity index is 912. The number of nitrogens with zero attached hydrogens (tertiary/aromatic N) is 1. The molecule has 0 saturated carbocycles. The molecule has 0 radical (unpaired) electrons. The molecule has 5 rings (SSSR count). The summed E-state index contributed by atoms with van der Waals surface area (Å²) in [4.78, 5) is 2.38. The Labute approximate surface area is 182 Å². The minimum Gasteiger partial charge on any atom is -0.491 e. The molecule has 30 heavy (non-hydrogen) atoms. The smallest absolute Gasteiger partial charge is 0.141 e. The molecule has 3 aliphatic rings. The van der Waals surface area contributed by atoms with Crippen molar-refractivity contribution in [3.8, 4) is 5.75 Å². The van der Waals surface area contributed by atoms with Gasteiger partial charge in [0.05, 0.1) is 36.5 Å². The minimum absolute atomic E-state index is 0.0872. The van der Waals surface area contributed by atoms with Crippen LogP contribution in [0.25, 0.3) is 0 Å². The van der Waals surface area contributed by atoms with Crippen LogP contribution in [0, 0.1) is 0 Å².